The molecule has 0 aromatic heterocycles. The van der Waals surface area contributed by atoms with Gasteiger partial charge in [-0.2, -0.15) is 0 Å². The fourth-order valence-corrected chi connectivity index (χ4v) is 3.70. The highest BCUT2D eigenvalue weighted by molar-refractivity contribution is 6.30. The van der Waals surface area contributed by atoms with Crippen molar-refractivity contribution in [1.82, 2.24) is 10.2 Å². The lowest BCUT2D eigenvalue weighted by atomic mass is 10.1. The lowest BCUT2D eigenvalue weighted by Gasteiger charge is -2.23. The normalized spacial score (nSPS) is 22.9. The molecule has 0 spiro atoms. The quantitative estimate of drug-likeness (QED) is 0.887. The van der Waals surface area contributed by atoms with E-state index in [4.69, 9.17) is 11.6 Å². The molecule has 120 valence electrons. The summed E-state index contributed by atoms with van der Waals surface area (Å²) in [5.41, 5.74) is 0.765. The van der Waals surface area contributed by atoms with E-state index < -0.39 is 0 Å². The number of benzene rings is 1. The van der Waals surface area contributed by atoms with Gasteiger partial charge in [0.15, 0.2) is 0 Å². The highest BCUT2D eigenvalue weighted by atomic mass is 35.5. The standard InChI is InChI=1S/C17H24ClN3O/c18-14-5-7-15(8-6-14)20-17(22)19-11-13-9-10-21(12-13)16-3-1-2-4-16/h5-8,13,16H,1-4,9-12H2,(H2,19,20,22). The summed E-state index contributed by atoms with van der Waals surface area (Å²) >= 11 is 5.83. The topological polar surface area (TPSA) is 44.4 Å². The smallest absolute Gasteiger partial charge is 0.319 e. The molecule has 1 atom stereocenters. The Labute approximate surface area is 137 Å². The van der Waals surface area contributed by atoms with Crippen LogP contribution in [0.25, 0.3) is 0 Å². The molecule has 1 aliphatic heterocycles. The molecule has 0 radical (unpaired) electrons. The van der Waals surface area contributed by atoms with Crippen LogP contribution in [0.15, 0.2) is 24.3 Å². The number of nitrogens with one attached hydrogen (secondary N) is 2. The van der Waals surface area contributed by atoms with E-state index in [2.05, 4.69) is 15.5 Å². The Morgan fingerprint density at radius 2 is 1.91 bits per heavy atom. The summed E-state index contributed by atoms with van der Waals surface area (Å²) in [6.07, 6.45) is 6.67. The number of nitrogens with zero attached hydrogens (tertiary/aromatic N) is 1. The number of likely N-dealkylation sites (tertiary alicyclic amines) is 1. The predicted octanol–water partition coefficient (Wildman–Crippen LogP) is 3.73. The average Bonchev–Trinajstić information content (AvgIpc) is 3.18. The van der Waals surface area contributed by atoms with Gasteiger partial charge in [0.2, 0.25) is 0 Å². The number of carbonyl (C=O) groups is 1. The Bertz CT molecular complexity index is 499. The lowest BCUT2D eigenvalue weighted by Crippen LogP contribution is -2.35. The van der Waals surface area contributed by atoms with Crippen molar-refractivity contribution in [1.29, 1.82) is 0 Å². The second kappa shape index (κ2) is 7.34. The number of halogens is 1. The summed E-state index contributed by atoms with van der Waals surface area (Å²) in [4.78, 5) is 14.5. The zero-order chi connectivity index (χ0) is 15.4. The molecule has 2 aliphatic rings. The maximum absolute atomic E-state index is 11.9. The van der Waals surface area contributed by atoms with Crippen molar-refractivity contribution in [2.24, 2.45) is 5.92 Å². The molecule has 4 nitrogen and oxygen atoms in total. The highest BCUT2D eigenvalue weighted by Crippen LogP contribution is 2.28. The van der Waals surface area contributed by atoms with Gasteiger partial charge in [-0.1, -0.05) is 24.4 Å². The zero-order valence-electron chi connectivity index (χ0n) is 12.9. The summed E-state index contributed by atoms with van der Waals surface area (Å²) in [5, 5.41) is 6.50. The van der Waals surface area contributed by atoms with Gasteiger partial charge in [0.05, 0.1) is 0 Å². The predicted molar refractivity (Wildman–Crippen MR) is 90.4 cm³/mol. The van der Waals surface area contributed by atoms with Gasteiger partial charge < -0.3 is 15.5 Å². The molecule has 3 rings (SSSR count). The highest BCUT2D eigenvalue weighted by Gasteiger charge is 2.29. The minimum Gasteiger partial charge on any atom is -0.338 e. The van der Waals surface area contributed by atoms with E-state index in [1.54, 1.807) is 24.3 Å². The first-order valence-corrected chi connectivity index (χ1v) is 8.63. The van der Waals surface area contributed by atoms with Crippen LogP contribution in [0.2, 0.25) is 5.02 Å². The molecule has 5 heteroatoms. The van der Waals surface area contributed by atoms with Crippen LogP contribution < -0.4 is 10.6 Å². The largest absolute Gasteiger partial charge is 0.338 e. The summed E-state index contributed by atoms with van der Waals surface area (Å²) in [7, 11) is 0. The first-order chi connectivity index (χ1) is 10.7. The van der Waals surface area contributed by atoms with Gasteiger partial charge in [-0.3, -0.25) is 0 Å². The molecule has 0 bridgehead atoms. The Kier molecular flexibility index (Phi) is 5.21. The van der Waals surface area contributed by atoms with Gasteiger partial charge in [0.1, 0.15) is 0 Å². The summed E-state index contributed by atoms with van der Waals surface area (Å²) in [6, 6.07) is 7.81. The monoisotopic (exact) mass is 321 g/mol. The second-order valence-electron chi connectivity index (χ2n) is 6.43. The van der Waals surface area contributed by atoms with Crippen molar-refractivity contribution in [3.63, 3.8) is 0 Å². The van der Waals surface area contributed by atoms with Gasteiger partial charge in [0.25, 0.3) is 0 Å². The fraction of sp³-hybridized carbons (Fsp3) is 0.588. The Balaban J connectivity index is 1.39. The van der Waals surface area contributed by atoms with Crippen molar-refractivity contribution >= 4 is 23.3 Å². The van der Waals surface area contributed by atoms with E-state index in [0.29, 0.717) is 10.9 Å². The third kappa shape index (κ3) is 4.14. The molecule has 22 heavy (non-hydrogen) atoms. The number of urea groups is 1. The van der Waals surface area contributed by atoms with Crippen LogP contribution in [0, 0.1) is 5.92 Å². The third-order valence-corrected chi connectivity index (χ3v) is 5.06. The molecule has 1 aromatic rings. The van der Waals surface area contributed by atoms with Gasteiger partial charge in [-0.25, -0.2) is 4.79 Å². The average molecular weight is 322 g/mol. The summed E-state index contributed by atoms with van der Waals surface area (Å²) in [6.45, 7) is 3.07. The van der Waals surface area contributed by atoms with Crippen molar-refractivity contribution in [3.8, 4) is 0 Å². The molecule has 2 fully saturated rings. The van der Waals surface area contributed by atoms with Gasteiger partial charge in [-0.05, 0) is 56.0 Å². The fourth-order valence-electron chi connectivity index (χ4n) is 3.58. The summed E-state index contributed by atoms with van der Waals surface area (Å²) < 4.78 is 0. The zero-order valence-corrected chi connectivity index (χ0v) is 13.6. The van der Waals surface area contributed by atoms with Crippen LogP contribution in [0.1, 0.15) is 32.1 Å². The van der Waals surface area contributed by atoms with E-state index >= 15 is 0 Å². The van der Waals surface area contributed by atoms with Crippen molar-refractivity contribution in [2.75, 3.05) is 25.0 Å². The molecule has 1 saturated carbocycles. The van der Waals surface area contributed by atoms with E-state index in [-0.39, 0.29) is 6.03 Å². The Morgan fingerprint density at radius 3 is 2.64 bits per heavy atom. The lowest BCUT2D eigenvalue weighted by molar-refractivity contribution is 0.234. The minimum absolute atomic E-state index is 0.137. The van der Waals surface area contributed by atoms with Gasteiger partial charge in [-0.15, -0.1) is 0 Å². The number of hydrogen-bond acceptors (Lipinski definition) is 2. The van der Waals surface area contributed by atoms with Gasteiger partial charge >= 0.3 is 6.03 Å². The molecule has 2 N–H and O–H groups in total. The minimum atomic E-state index is -0.137. The Hall–Kier alpha value is -1.26. The van der Waals surface area contributed by atoms with Crippen LogP contribution in [-0.2, 0) is 0 Å². The molecule has 1 saturated heterocycles. The van der Waals surface area contributed by atoms with Crippen LogP contribution in [0.4, 0.5) is 10.5 Å². The second-order valence-corrected chi connectivity index (χ2v) is 6.87. The van der Waals surface area contributed by atoms with Crippen LogP contribution in [0.3, 0.4) is 0 Å². The number of rotatable bonds is 4. The van der Waals surface area contributed by atoms with Crippen molar-refractivity contribution in [2.45, 2.75) is 38.1 Å². The number of hydrogen-bond donors (Lipinski definition) is 2. The van der Waals surface area contributed by atoms with Gasteiger partial charge in [0, 0.05) is 29.8 Å². The first-order valence-electron chi connectivity index (χ1n) is 8.25. The molecule has 1 heterocycles. The summed E-state index contributed by atoms with van der Waals surface area (Å²) in [5.74, 6) is 0.580. The van der Waals surface area contributed by atoms with Crippen molar-refractivity contribution < 1.29 is 4.79 Å². The molecular formula is C17H24ClN3O. The Morgan fingerprint density at radius 1 is 1.18 bits per heavy atom. The van der Waals surface area contributed by atoms with E-state index in [0.717, 1.165) is 24.8 Å². The number of anilines is 1. The van der Waals surface area contributed by atoms with E-state index in [9.17, 15) is 4.79 Å². The third-order valence-electron chi connectivity index (χ3n) is 4.81. The van der Waals surface area contributed by atoms with Crippen LogP contribution in [-0.4, -0.2) is 36.6 Å². The molecule has 2 amide bonds. The molecule has 1 aliphatic carbocycles. The van der Waals surface area contributed by atoms with Crippen LogP contribution >= 0.6 is 11.6 Å². The van der Waals surface area contributed by atoms with Crippen LogP contribution in [0.5, 0.6) is 0 Å². The number of carbonyl (C=O) groups excluding carboxylic acids is 1. The molecule has 1 unspecified atom stereocenters. The maximum Gasteiger partial charge on any atom is 0.319 e. The first kappa shape index (κ1) is 15.6. The van der Waals surface area contributed by atoms with E-state index in [1.807, 2.05) is 0 Å². The SMILES string of the molecule is O=C(NCC1CCN(C2CCCC2)C1)Nc1ccc(Cl)cc1. The number of amides is 2. The van der Waals surface area contributed by atoms with E-state index in [1.165, 1.54) is 38.6 Å². The van der Waals surface area contributed by atoms with Crippen molar-refractivity contribution in [3.05, 3.63) is 29.3 Å². The molecule has 1 aromatic carbocycles. The molecular weight excluding hydrogens is 298 g/mol. The maximum atomic E-state index is 11.9.